The van der Waals surface area contributed by atoms with Gasteiger partial charge in [0.05, 0.1) is 28.4 Å². The Labute approximate surface area is 169 Å². The van der Waals surface area contributed by atoms with E-state index in [-0.39, 0.29) is 24.5 Å². The van der Waals surface area contributed by atoms with E-state index < -0.39 is 23.9 Å². The number of nitrogens with one attached hydrogen (secondary N) is 2. The molecule has 1 aliphatic rings. The molecule has 0 bridgehead atoms. The van der Waals surface area contributed by atoms with Gasteiger partial charge in [-0.2, -0.15) is 0 Å². The first-order chi connectivity index (χ1) is 13.5. The lowest BCUT2D eigenvalue weighted by Crippen LogP contribution is -2.47. The lowest BCUT2D eigenvalue weighted by Gasteiger charge is -2.29. The van der Waals surface area contributed by atoms with E-state index in [0.29, 0.717) is 10.2 Å². The van der Waals surface area contributed by atoms with Gasteiger partial charge in [0.15, 0.2) is 0 Å². The van der Waals surface area contributed by atoms with Gasteiger partial charge in [0.1, 0.15) is 18.2 Å². The number of ether oxygens (including phenoxy) is 2. The first kappa shape index (κ1) is 19.9. The first-order valence-electron chi connectivity index (χ1n) is 8.60. The first-order valence-corrected chi connectivity index (χ1v) is 9.39. The van der Waals surface area contributed by atoms with Crippen LogP contribution in [0.5, 0.6) is 5.75 Å². The van der Waals surface area contributed by atoms with E-state index in [1.807, 2.05) is 30.3 Å². The summed E-state index contributed by atoms with van der Waals surface area (Å²) in [5.74, 6) is -0.591. The summed E-state index contributed by atoms with van der Waals surface area (Å²) in [5.41, 5.74) is 1.28. The highest BCUT2D eigenvalue weighted by atomic mass is 79.9. The van der Waals surface area contributed by atoms with Crippen molar-refractivity contribution in [2.24, 2.45) is 0 Å². The normalized spacial score (nSPS) is 16.2. The van der Waals surface area contributed by atoms with Crippen LogP contribution in [0, 0.1) is 5.82 Å². The quantitative estimate of drug-likeness (QED) is 0.658. The molecule has 6 nitrogen and oxygen atoms in total. The lowest BCUT2D eigenvalue weighted by molar-refractivity contribution is -0.139. The third kappa shape index (κ3) is 4.51. The third-order valence-corrected chi connectivity index (χ3v) is 4.67. The van der Waals surface area contributed by atoms with Gasteiger partial charge < -0.3 is 20.1 Å². The number of rotatable bonds is 6. The van der Waals surface area contributed by atoms with Crippen molar-refractivity contribution in [3.8, 4) is 5.75 Å². The van der Waals surface area contributed by atoms with Crippen LogP contribution in [-0.4, -0.2) is 25.2 Å². The molecular formula is C20H18BrFN2O4. The minimum Gasteiger partial charge on any atom is -0.486 e. The van der Waals surface area contributed by atoms with Gasteiger partial charge in [-0.3, -0.25) is 0 Å². The maximum atomic E-state index is 13.3. The smallest absolute Gasteiger partial charge is 0.338 e. The largest absolute Gasteiger partial charge is 0.486 e. The van der Waals surface area contributed by atoms with Crippen LogP contribution in [0.4, 0.5) is 9.18 Å². The van der Waals surface area contributed by atoms with Gasteiger partial charge in [0.25, 0.3) is 0 Å². The fourth-order valence-corrected chi connectivity index (χ4v) is 3.28. The number of carbonyl (C=O) groups excluding carboxylic acids is 2. The topological polar surface area (TPSA) is 76.7 Å². The predicted molar refractivity (Wildman–Crippen MR) is 104 cm³/mol. The Morgan fingerprint density at radius 2 is 1.96 bits per heavy atom. The molecule has 2 aromatic rings. The van der Waals surface area contributed by atoms with E-state index in [2.05, 4.69) is 26.6 Å². The van der Waals surface area contributed by atoms with E-state index in [0.717, 1.165) is 5.56 Å². The molecule has 8 heteroatoms. The summed E-state index contributed by atoms with van der Waals surface area (Å²) in [6.07, 6.45) is 0. The van der Waals surface area contributed by atoms with Gasteiger partial charge in [0.2, 0.25) is 0 Å². The molecule has 0 saturated heterocycles. The molecule has 1 unspecified atom stereocenters. The van der Waals surface area contributed by atoms with Gasteiger partial charge in [-0.1, -0.05) is 30.3 Å². The summed E-state index contributed by atoms with van der Waals surface area (Å²) in [5, 5.41) is 5.37. The molecule has 146 valence electrons. The van der Waals surface area contributed by atoms with Crippen molar-refractivity contribution < 1.29 is 23.5 Å². The minimum atomic E-state index is -0.677. The minimum absolute atomic E-state index is 0.102. The molecule has 1 aliphatic heterocycles. The highest BCUT2D eigenvalue weighted by molar-refractivity contribution is 9.10. The van der Waals surface area contributed by atoms with Crippen molar-refractivity contribution in [1.82, 2.24) is 10.6 Å². The molecule has 0 spiro atoms. The van der Waals surface area contributed by atoms with Crippen molar-refractivity contribution in [3.05, 3.63) is 75.7 Å². The van der Waals surface area contributed by atoms with E-state index in [4.69, 9.17) is 9.47 Å². The molecule has 1 atom stereocenters. The maximum Gasteiger partial charge on any atom is 0.338 e. The van der Waals surface area contributed by atoms with Gasteiger partial charge in [0, 0.05) is 0 Å². The molecule has 3 rings (SSSR count). The summed E-state index contributed by atoms with van der Waals surface area (Å²) < 4.78 is 24.6. The number of hydrogen-bond donors (Lipinski definition) is 2. The monoisotopic (exact) mass is 448 g/mol. The molecule has 0 aromatic heterocycles. The molecule has 2 aromatic carbocycles. The van der Waals surface area contributed by atoms with Crippen LogP contribution in [0.2, 0.25) is 0 Å². The number of benzene rings is 2. The number of esters is 1. The maximum absolute atomic E-state index is 13.3. The second-order valence-electron chi connectivity index (χ2n) is 5.92. The average Bonchev–Trinajstić information content (AvgIpc) is 2.67. The van der Waals surface area contributed by atoms with Crippen LogP contribution in [-0.2, 0) is 9.53 Å². The summed E-state index contributed by atoms with van der Waals surface area (Å²) in [6, 6.07) is 11.9. The van der Waals surface area contributed by atoms with Crippen LogP contribution >= 0.6 is 15.9 Å². The zero-order valence-electron chi connectivity index (χ0n) is 15.0. The Morgan fingerprint density at radius 3 is 2.64 bits per heavy atom. The zero-order chi connectivity index (χ0) is 20.1. The molecule has 2 amide bonds. The van der Waals surface area contributed by atoms with Crippen molar-refractivity contribution in [2.75, 3.05) is 13.2 Å². The number of hydrogen-bond acceptors (Lipinski definition) is 4. The Bertz CT molecular complexity index is 918. The van der Waals surface area contributed by atoms with Crippen LogP contribution in [0.15, 0.2) is 64.3 Å². The summed E-state index contributed by atoms with van der Waals surface area (Å²) in [6.45, 7) is 1.79. The van der Waals surface area contributed by atoms with Crippen molar-refractivity contribution in [3.63, 3.8) is 0 Å². The second kappa shape index (κ2) is 8.88. The van der Waals surface area contributed by atoms with Crippen LogP contribution in [0.25, 0.3) is 0 Å². The van der Waals surface area contributed by atoms with E-state index in [1.165, 1.54) is 18.2 Å². The average molecular weight is 449 g/mol. The Hall–Kier alpha value is -2.87. The molecule has 0 fully saturated rings. The number of urea groups is 1. The second-order valence-corrected chi connectivity index (χ2v) is 6.77. The molecule has 0 radical (unpaired) electrons. The highest BCUT2D eigenvalue weighted by Crippen LogP contribution is 2.30. The number of amides is 2. The van der Waals surface area contributed by atoms with Gasteiger partial charge >= 0.3 is 12.0 Å². The summed E-state index contributed by atoms with van der Waals surface area (Å²) >= 11 is 3.23. The standard InChI is InChI=1S/C20H18BrFN2O4/c1-2-27-19(25)17-15(11-28-16-9-8-13(22)10-14(16)21)23-20(26)24-18(17)12-6-4-3-5-7-12/h3-10,18H,2,11H2,1H3,(H2,23,24,26). The van der Waals surface area contributed by atoms with Crippen LogP contribution in [0.1, 0.15) is 18.5 Å². The molecular weight excluding hydrogens is 431 g/mol. The lowest BCUT2D eigenvalue weighted by atomic mass is 9.95. The number of carbonyl (C=O) groups is 2. The molecule has 2 N–H and O–H groups in total. The fraction of sp³-hybridized carbons (Fsp3) is 0.200. The van der Waals surface area contributed by atoms with Crippen LogP contribution in [0.3, 0.4) is 0 Å². The summed E-state index contributed by atoms with van der Waals surface area (Å²) in [4.78, 5) is 24.8. The highest BCUT2D eigenvalue weighted by Gasteiger charge is 2.33. The van der Waals surface area contributed by atoms with Gasteiger partial charge in [-0.15, -0.1) is 0 Å². The Balaban J connectivity index is 1.96. The van der Waals surface area contributed by atoms with E-state index >= 15 is 0 Å². The van der Waals surface area contributed by atoms with Crippen molar-refractivity contribution in [1.29, 1.82) is 0 Å². The van der Waals surface area contributed by atoms with Crippen LogP contribution < -0.4 is 15.4 Å². The predicted octanol–water partition coefficient (Wildman–Crippen LogP) is 3.84. The zero-order valence-corrected chi connectivity index (χ0v) is 16.6. The van der Waals surface area contributed by atoms with Crippen molar-refractivity contribution >= 4 is 27.9 Å². The molecule has 0 aliphatic carbocycles. The fourth-order valence-electron chi connectivity index (χ4n) is 2.82. The third-order valence-electron chi connectivity index (χ3n) is 4.05. The number of halogens is 2. The summed E-state index contributed by atoms with van der Waals surface area (Å²) in [7, 11) is 0. The van der Waals surface area contributed by atoms with Gasteiger partial charge in [-0.05, 0) is 46.6 Å². The molecule has 1 heterocycles. The molecule has 0 saturated carbocycles. The Morgan fingerprint density at radius 1 is 1.21 bits per heavy atom. The SMILES string of the molecule is CCOC(=O)C1=C(COc2ccc(F)cc2Br)NC(=O)NC1c1ccccc1. The Kier molecular flexibility index (Phi) is 6.30. The van der Waals surface area contributed by atoms with E-state index in [9.17, 15) is 14.0 Å². The molecule has 28 heavy (non-hydrogen) atoms. The van der Waals surface area contributed by atoms with E-state index in [1.54, 1.807) is 6.92 Å². The van der Waals surface area contributed by atoms with Crippen molar-refractivity contribution in [2.45, 2.75) is 13.0 Å². The van der Waals surface area contributed by atoms with Gasteiger partial charge in [-0.25, -0.2) is 14.0 Å².